The lowest BCUT2D eigenvalue weighted by molar-refractivity contribution is 0.0714. The monoisotopic (exact) mass is 499 g/mol. The van der Waals surface area contributed by atoms with Crippen molar-refractivity contribution in [2.24, 2.45) is 0 Å². The fourth-order valence-corrected chi connectivity index (χ4v) is 4.70. The molecule has 0 radical (unpaired) electrons. The molecule has 0 aliphatic carbocycles. The highest BCUT2D eigenvalue weighted by atomic mass is 16.5. The summed E-state index contributed by atoms with van der Waals surface area (Å²) in [6.45, 7) is 2.96. The van der Waals surface area contributed by atoms with Gasteiger partial charge in [-0.3, -0.25) is 9.59 Å². The Labute approximate surface area is 215 Å². The van der Waals surface area contributed by atoms with E-state index in [1.807, 2.05) is 42.5 Å². The zero-order valence-corrected chi connectivity index (χ0v) is 21.2. The van der Waals surface area contributed by atoms with E-state index in [1.165, 1.54) is 0 Å². The smallest absolute Gasteiger partial charge is 0.291 e. The van der Waals surface area contributed by atoms with Crippen molar-refractivity contribution < 1.29 is 23.4 Å². The molecule has 3 aromatic carbocycles. The molecule has 37 heavy (non-hydrogen) atoms. The zero-order chi connectivity index (χ0) is 25.9. The second-order valence-electron chi connectivity index (χ2n) is 8.97. The van der Waals surface area contributed by atoms with Gasteiger partial charge < -0.3 is 23.5 Å². The van der Waals surface area contributed by atoms with Crippen LogP contribution in [0, 0.1) is 0 Å². The molecule has 0 saturated carbocycles. The minimum Gasteiger partial charge on any atom is -0.497 e. The summed E-state index contributed by atoms with van der Waals surface area (Å²) in [5.41, 5.74) is 2.15. The van der Waals surface area contributed by atoms with Gasteiger partial charge in [0.15, 0.2) is 16.9 Å². The lowest BCUT2D eigenvalue weighted by Crippen LogP contribution is -2.29. The van der Waals surface area contributed by atoms with Crippen LogP contribution >= 0.6 is 0 Å². The molecule has 2 heterocycles. The molecule has 4 aromatic rings. The largest absolute Gasteiger partial charge is 0.497 e. The maximum atomic E-state index is 13.7. The van der Waals surface area contributed by atoms with Crippen LogP contribution in [0.4, 0.5) is 0 Å². The molecule has 190 valence electrons. The van der Waals surface area contributed by atoms with Gasteiger partial charge in [0.1, 0.15) is 11.3 Å². The molecule has 0 spiro atoms. The molecule has 5 rings (SSSR count). The van der Waals surface area contributed by atoms with Crippen LogP contribution in [-0.2, 0) is 6.54 Å². The molecule has 0 fully saturated rings. The van der Waals surface area contributed by atoms with Crippen LogP contribution in [0.1, 0.15) is 53.1 Å². The Morgan fingerprint density at radius 2 is 1.70 bits per heavy atom. The van der Waals surface area contributed by atoms with Crippen molar-refractivity contribution in [3.8, 4) is 17.2 Å². The van der Waals surface area contributed by atoms with Crippen LogP contribution in [0.25, 0.3) is 11.0 Å². The SMILES string of the molecule is CCCCOc1ccc(C2c3c(oc4ccccc4c3=O)C(=O)N2Cc2ccc(OC)cc2)cc1OC. The first kappa shape index (κ1) is 24.4. The number of hydrogen-bond donors (Lipinski definition) is 0. The van der Waals surface area contributed by atoms with E-state index in [9.17, 15) is 9.59 Å². The number of benzene rings is 3. The van der Waals surface area contributed by atoms with Crippen LogP contribution in [0.2, 0.25) is 0 Å². The maximum absolute atomic E-state index is 13.7. The van der Waals surface area contributed by atoms with E-state index in [2.05, 4.69) is 6.92 Å². The van der Waals surface area contributed by atoms with E-state index in [-0.39, 0.29) is 23.6 Å². The summed E-state index contributed by atoms with van der Waals surface area (Å²) in [6, 6.07) is 19.4. The Balaban J connectivity index is 1.63. The van der Waals surface area contributed by atoms with Gasteiger partial charge in [0.05, 0.1) is 37.8 Å². The molecular formula is C30H29NO6. The first-order valence-electron chi connectivity index (χ1n) is 12.4. The fraction of sp³-hybridized carbons (Fsp3) is 0.267. The minimum atomic E-state index is -0.649. The van der Waals surface area contributed by atoms with Crippen molar-refractivity contribution in [1.82, 2.24) is 4.90 Å². The van der Waals surface area contributed by atoms with E-state index < -0.39 is 6.04 Å². The number of hydrogen-bond acceptors (Lipinski definition) is 6. The van der Waals surface area contributed by atoms with Crippen LogP contribution in [0.5, 0.6) is 17.2 Å². The van der Waals surface area contributed by atoms with Gasteiger partial charge in [0.2, 0.25) is 5.76 Å². The van der Waals surface area contributed by atoms with Gasteiger partial charge in [0.25, 0.3) is 5.91 Å². The fourth-order valence-electron chi connectivity index (χ4n) is 4.70. The summed E-state index contributed by atoms with van der Waals surface area (Å²) in [5, 5.41) is 0.442. The van der Waals surface area contributed by atoms with Gasteiger partial charge in [-0.25, -0.2) is 0 Å². The van der Waals surface area contributed by atoms with Gasteiger partial charge in [-0.05, 0) is 53.9 Å². The summed E-state index contributed by atoms with van der Waals surface area (Å²) in [6.07, 6.45) is 1.95. The number of methoxy groups -OCH3 is 2. The van der Waals surface area contributed by atoms with E-state index in [0.29, 0.717) is 34.6 Å². The molecule has 0 bridgehead atoms. The summed E-state index contributed by atoms with van der Waals surface area (Å²) < 4.78 is 22.8. The third-order valence-electron chi connectivity index (χ3n) is 6.64. The summed E-state index contributed by atoms with van der Waals surface area (Å²) >= 11 is 0. The lowest BCUT2D eigenvalue weighted by atomic mass is 9.97. The van der Waals surface area contributed by atoms with Gasteiger partial charge in [-0.2, -0.15) is 0 Å². The molecule has 7 nitrogen and oxygen atoms in total. The quantitative estimate of drug-likeness (QED) is 0.274. The third-order valence-corrected chi connectivity index (χ3v) is 6.64. The van der Waals surface area contributed by atoms with Gasteiger partial charge in [-0.15, -0.1) is 0 Å². The molecule has 0 N–H and O–H groups in total. The number of rotatable bonds is 9. The van der Waals surface area contributed by atoms with Crippen molar-refractivity contribution in [2.75, 3.05) is 20.8 Å². The predicted octanol–water partition coefficient (Wildman–Crippen LogP) is 5.73. The van der Waals surface area contributed by atoms with E-state index in [4.69, 9.17) is 18.6 Å². The average molecular weight is 500 g/mol. The van der Waals surface area contributed by atoms with E-state index in [0.717, 1.165) is 29.7 Å². The number of para-hydroxylation sites is 1. The summed E-state index contributed by atoms with van der Waals surface area (Å²) in [4.78, 5) is 29.1. The molecule has 1 amide bonds. The Hall–Kier alpha value is -4.26. The highest BCUT2D eigenvalue weighted by Crippen LogP contribution is 2.41. The number of nitrogens with zero attached hydrogens (tertiary/aromatic N) is 1. The van der Waals surface area contributed by atoms with Crippen LogP contribution in [-0.4, -0.2) is 31.6 Å². The number of ether oxygens (including phenoxy) is 3. The minimum absolute atomic E-state index is 0.0736. The second kappa shape index (κ2) is 10.4. The summed E-state index contributed by atoms with van der Waals surface area (Å²) in [5.74, 6) is 1.63. The van der Waals surface area contributed by atoms with Crippen molar-refractivity contribution >= 4 is 16.9 Å². The Morgan fingerprint density at radius 3 is 2.43 bits per heavy atom. The molecule has 1 aliphatic rings. The van der Waals surface area contributed by atoms with E-state index in [1.54, 1.807) is 43.4 Å². The van der Waals surface area contributed by atoms with Crippen LogP contribution in [0.3, 0.4) is 0 Å². The Bertz CT molecular complexity index is 1490. The Morgan fingerprint density at radius 1 is 0.919 bits per heavy atom. The number of amides is 1. The van der Waals surface area contributed by atoms with Crippen molar-refractivity contribution in [1.29, 1.82) is 0 Å². The highest BCUT2D eigenvalue weighted by Gasteiger charge is 2.43. The van der Waals surface area contributed by atoms with E-state index >= 15 is 0 Å². The first-order chi connectivity index (χ1) is 18.0. The zero-order valence-electron chi connectivity index (χ0n) is 21.2. The molecule has 0 saturated heterocycles. The van der Waals surface area contributed by atoms with Gasteiger partial charge >= 0.3 is 0 Å². The molecule has 1 aliphatic heterocycles. The summed E-state index contributed by atoms with van der Waals surface area (Å²) in [7, 11) is 3.19. The molecule has 7 heteroatoms. The van der Waals surface area contributed by atoms with Crippen molar-refractivity contribution in [3.05, 3.63) is 99.4 Å². The highest BCUT2D eigenvalue weighted by molar-refractivity contribution is 5.99. The van der Waals surface area contributed by atoms with Crippen LogP contribution in [0.15, 0.2) is 75.9 Å². The number of carbonyl (C=O) groups excluding carboxylic acids is 1. The van der Waals surface area contributed by atoms with Crippen LogP contribution < -0.4 is 19.6 Å². The maximum Gasteiger partial charge on any atom is 0.291 e. The van der Waals surface area contributed by atoms with Gasteiger partial charge in [0, 0.05) is 6.54 Å². The molecule has 1 aromatic heterocycles. The first-order valence-corrected chi connectivity index (χ1v) is 12.4. The van der Waals surface area contributed by atoms with Gasteiger partial charge in [-0.1, -0.05) is 43.7 Å². The standard InChI is InChI=1S/C30H29NO6/c1-4-5-16-36-24-15-12-20(17-25(24)35-3)27-26-28(32)22-8-6-7-9-23(22)37-29(26)30(33)31(27)18-19-10-13-21(34-2)14-11-19/h6-15,17,27H,4-5,16,18H2,1-3H3. The molecular weight excluding hydrogens is 470 g/mol. The van der Waals surface area contributed by atoms with Crippen molar-refractivity contribution in [3.63, 3.8) is 0 Å². The normalized spacial score (nSPS) is 14.6. The number of carbonyl (C=O) groups is 1. The van der Waals surface area contributed by atoms with Crippen molar-refractivity contribution in [2.45, 2.75) is 32.4 Å². The topological polar surface area (TPSA) is 78.2 Å². The number of fused-ring (bicyclic) bond motifs is 2. The second-order valence-corrected chi connectivity index (χ2v) is 8.97. The average Bonchev–Trinajstić information content (AvgIpc) is 3.20. The lowest BCUT2D eigenvalue weighted by Gasteiger charge is -2.26. The number of unbranched alkanes of at least 4 members (excludes halogenated alkanes) is 1. The molecule has 1 unspecified atom stereocenters. The third kappa shape index (κ3) is 4.53. The predicted molar refractivity (Wildman–Crippen MR) is 141 cm³/mol. The Kier molecular flexibility index (Phi) is 6.86. The molecule has 1 atom stereocenters.